The van der Waals surface area contributed by atoms with Crippen molar-refractivity contribution < 1.29 is 4.79 Å². The Morgan fingerprint density at radius 3 is 3.08 bits per heavy atom. The Balaban J connectivity index is 1.70. The van der Waals surface area contributed by atoms with Crippen molar-refractivity contribution in [1.29, 1.82) is 0 Å². The van der Waals surface area contributed by atoms with E-state index in [9.17, 15) is 4.79 Å². The number of benzene rings is 1. The van der Waals surface area contributed by atoms with Gasteiger partial charge in [0, 0.05) is 11.6 Å². The number of rotatable bonds is 6. The number of carbonyl (C=O) groups excluding carboxylic acids is 1. The van der Waals surface area contributed by atoms with E-state index in [1.165, 1.54) is 6.42 Å². The van der Waals surface area contributed by atoms with Crippen LogP contribution in [0.3, 0.4) is 0 Å². The fourth-order valence-electron chi connectivity index (χ4n) is 3.18. The van der Waals surface area contributed by atoms with Crippen molar-refractivity contribution in [3.05, 3.63) is 46.7 Å². The number of nitrogens with zero attached hydrogens (tertiary/aromatic N) is 2. The minimum absolute atomic E-state index is 0.0499. The molecule has 1 aliphatic heterocycles. The van der Waals surface area contributed by atoms with Crippen LogP contribution in [0.5, 0.6) is 0 Å². The van der Waals surface area contributed by atoms with Crippen LogP contribution < -0.4 is 10.6 Å². The van der Waals surface area contributed by atoms with E-state index < -0.39 is 0 Å². The molecule has 2 heterocycles. The zero-order chi connectivity index (χ0) is 16.9. The highest BCUT2D eigenvalue weighted by Gasteiger charge is 2.18. The van der Waals surface area contributed by atoms with E-state index in [-0.39, 0.29) is 5.91 Å². The molecular formula is C18H23ClN4O. The minimum Gasteiger partial charge on any atom is -0.352 e. The smallest absolute Gasteiger partial charge is 0.254 e. The molecule has 1 unspecified atom stereocenters. The Bertz CT molecular complexity index is 707. The van der Waals surface area contributed by atoms with Gasteiger partial charge < -0.3 is 10.6 Å². The number of aromatic nitrogens is 2. The molecule has 3 rings (SSSR count). The average Bonchev–Trinajstić information content (AvgIpc) is 3.23. The van der Waals surface area contributed by atoms with Gasteiger partial charge >= 0.3 is 0 Å². The zero-order valence-corrected chi connectivity index (χ0v) is 14.6. The van der Waals surface area contributed by atoms with Gasteiger partial charge in [-0.25, -0.2) is 4.68 Å². The van der Waals surface area contributed by atoms with Gasteiger partial charge in [0.25, 0.3) is 5.91 Å². The summed E-state index contributed by atoms with van der Waals surface area (Å²) in [7, 11) is 0. The summed E-state index contributed by atoms with van der Waals surface area (Å²) in [5, 5.41) is 11.4. The summed E-state index contributed by atoms with van der Waals surface area (Å²) in [5.41, 5.74) is 2.41. The van der Waals surface area contributed by atoms with E-state index in [2.05, 4.69) is 15.7 Å². The standard InChI is InChI=1S/C18H23ClN4O/c1-2-17-16(18(24)21-9-7-13-6-8-20-11-13)12-22-23(17)15-5-3-4-14(19)10-15/h3-5,10,12-13,20H,2,6-9,11H2,1H3,(H,21,24). The van der Waals surface area contributed by atoms with Gasteiger partial charge in [-0.3, -0.25) is 4.79 Å². The summed E-state index contributed by atoms with van der Waals surface area (Å²) in [4.78, 5) is 12.5. The van der Waals surface area contributed by atoms with Crippen LogP contribution in [0.25, 0.3) is 5.69 Å². The van der Waals surface area contributed by atoms with Gasteiger partial charge in [0.05, 0.1) is 23.1 Å². The number of hydrogen-bond acceptors (Lipinski definition) is 3. The normalized spacial score (nSPS) is 17.2. The predicted octanol–water partition coefficient (Wildman–Crippen LogP) is 2.82. The first-order chi connectivity index (χ1) is 11.7. The number of amides is 1. The molecule has 0 radical (unpaired) electrons. The lowest BCUT2D eigenvalue weighted by Crippen LogP contribution is -2.27. The number of halogens is 1. The lowest BCUT2D eigenvalue weighted by Gasteiger charge is -2.10. The maximum Gasteiger partial charge on any atom is 0.254 e. The third-order valence-corrected chi connectivity index (χ3v) is 4.74. The average molecular weight is 347 g/mol. The molecule has 0 aliphatic carbocycles. The van der Waals surface area contributed by atoms with Gasteiger partial charge in [0.15, 0.2) is 0 Å². The maximum absolute atomic E-state index is 12.5. The highest BCUT2D eigenvalue weighted by molar-refractivity contribution is 6.30. The summed E-state index contributed by atoms with van der Waals surface area (Å²) in [6.45, 7) is 4.88. The molecule has 1 aromatic heterocycles. The highest BCUT2D eigenvalue weighted by Crippen LogP contribution is 2.19. The molecule has 2 aromatic rings. The van der Waals surface area contributed by atoms with E-state index >= 15 is 0 Å². The van der Waals surface area contributed by atoms with Gasteiger partial charge in [-0.1, -0.05) is 24.6 Å². The van der Waals surface area contributed by atoms with Crippen molar-refractivity contribution in [3.63, 3.8) is 0 Å². The van der Waals surface area contributed by atoms with Gasteiger partial charge in [-0.15, -0.1) is 0 Å². The molecule has 24 heavy (non-hydrogen) atoms. The van der Waals surface area contributed by atoms with Crippen LogP contribution in [0.4, 0.5) is 0 Å². The largest absolute Gasteiger partial charge is 0.352 e. The Morgan fingerprint density at radius 1 is 1.50 bits per heavy atom. The van der Waals surface area contributed by atoms with E-state index in [0.29, 0.717) is 23.0 Å². The summed E-state index contributed by atoms with van der Waals surface area (Å²) in [6, 6.07) is 7.50. The molecule has 1 fully saturated rings. The quantitative estimate of drug-likeness (QED) is 0.845. The predicted molar refractivity (Wildman–Crippen MR) is 95.9 cm³/mol. The second-order valence-corrected chi connectivity index (χ2v) is 6.59. The first kappa shape index (κ1) is 17.0. The van der Waals surface area contributed by atoms with Gasteiger partial charge in [0.1, 0.15) is 0 Å². The van der Waals surface area contributed by atoms with Crippen LogP contribution >= 0.6 is 11.6 Å². The van der Waals surface area contributed by atoms with Crippen molar-refractivity contribution in [1.82, 2.24) is 20.4 Å². The molecule has 128 valence electrons. The lowest BCUT2D eigenvalue weighted by atomic mass is 10.1. The molecule has 1 aliphatic rings. The Morgan fingerprint density at radius 2 is 2.38 bits per heavy atom. The second-order valence-electron chi connectivity index (χ2n) is 6.15. The molecule has 5 nitrogen and oxygen atoms in total. The molecule has 1 aromatic carbocycles. The van der Waals surface area contributed by atoms with Crippen molar-refractivity contribution in [2.45, 2.75) is 26.2 Å². The van der Waals surface area contributed by atoms with E-state index in [1.54, 1.807) is 10.9 Å². The van der Waals surface area contributed by atoms with Crippen LogP contribution in [0, 0.1) is 5.92 Å². The third-order valence-electron chi connectivity index (χ3n) is 4.50. The summed E-state index contributed by atoms with van der Waals surface area (Å²) in [6.07, 6.45) is 4.58. The van der Waals surface area contributed by atoms with Crippen LogP contribution in [-0.2, 0) is 6.42 Å². The molecule has 2 N–H and O–H groups in total. The maximum atomic E-state index is 12.5. The third kappa shape index (κ3) is 3.79. The topological polar surface area (TPSA) is 59.0 Å². The lowest BCUT2D eigenvalue weighted by molar-refractivity contribution is 0.0950. The SMILES string of the molecule is CCc1c(C(=O)NCCC2CCNC2)cnn1-c1cccc(Cl)c1. The molecular weight excluding hydrogens is 324 g/mol. The number of nitrogens with one attached hydrogen (secondary N) is 2. The molecule has 0 saturated carbocycles. The van der Waals surface area contributed by atoms with Crippen LogP contribution in [0.1, 0.15) is 35.8 Å². The van der Waals surface area contributed by atoms with Crippen molar-refractivity contribution in [2.75, 3.05) is 19.6 Å². The van der Waals surface area contributed by atoms with E-state index in [1.807, 2.05) is 31.2 Å². The second kappa shape index (κ2) is 7.81. The van der Waals surface area contributed by atoms with E-state index in [4.69, 9.17) is 11.6 Å². The van der Waals surface area contributed by atoms with Crippen LogP contribution in [-0.4, -0.2) is 35.3 Å². The molecule has 0 bridgehead atoms. The molecule has 1 amide bonds. The van der Waals surface area contributed by atoms with Crippen LogP contribution in [0.15, 0.2) is 30.5 Å². The summed E-state index contributed by atoms with van der Waals surface area (Å²) >= 11 is 6.06. The van der Waals surface area contributed by atoms with Gasteiger partial charge in [0.2, 0.25) is 0 Å². The first-order valence-electron chi connectivity index (χ1n) is 8.50. The van der Waals surface area contributed by atoms with Crippen molar-refractivity contribution in [2.24, 2.45) is 5.92 Å². The summed E-state index contributed by atoms with van der Waals surface area (Å²) in [5.74, 6) is 0.621. The number of carbonyl (C=O) groups is 1. The molecule has 6 heteroatoms. The number of hydrogen-bond donors (Lipinski definition) is 2. The Kier molecular flexibility index (Phi) is 5.53. The molecule has 1 atom stereocenters. The first-order valence-corrected chi connectivity index (χ1v) is 8.88. The highest BCUT2D eigenvalue weighted by atomic mass is 35.5. The molecule has 1 saturated heterocycles. The van der Waals surface area contributed by atoms with Gasteiger partial charge in [-0.2, -0.15) is 5.10 Å². The zero-order valence-electron chi connectivity index (χ0n) is 13.9. The van der Waals surface area contributed by atoms with Crippen molar-refractivity contribution in [3.8, 4) is 5.69 Å². The molecule has 0 spiro atoms. The van der Waals surface area contributed by atoms with Crippen LogP contribution in [0.2, 0.25) is 5.02 Å². The Labute approximate surface area is 147 Å². The Hall–Kier alpha value is -1.85. The fourth-order valence-corrected chi connectivity index (χ4v) is 3.36. The fraction of sp³-hybridized carbons (Fsp3) is 0.444. The minimum atomic E-state index is -0.0499. The monoisotopic (exact) mass is 346 g/mol. The summed E-state index contributed by atoms with van der Waals surface area (Å²) < 4.78 is 1.79. The van der Waals surface area contributed by atoms with Gasteiger partial charge in [-0.05, 0) is 56.5 Å². The van der Waals surface area contributed by atoms with E-state index in [0.717, 1.165) is 37.3 Å². The van der Waals surface area contributed by atoms with Crippen molar-refractivity contribution >= 4 is 17.5 Å².